The minimum atomic E-state index is -1.07. The molecule has 1 aliphatic carbocycles. The van der Waals surface area contributed by atoms with E-state index in [9.17, 15) is 23.9 Å². The summed E-state index contributed by atoms with van der Waals surface area (Å²) in [5.41, 5.74) is 8.47. The summed E-state index contributed by atoms with van der Waals surface area (Å²) in [7, 11) is 0. The zero-order valence-electron chi connectivity index (χ0n) is 23.0. The monoisotopic (exact) mass is 552 g/mol. The van der Waals surface area contributed by atoms with E-state index < -0.39 is 28.6 Å². The molecule has 0 bridgehead atoms. The Morgan fingerprint density at radius 2 is 1.78 bits per heavy atom. The normalized spacial score (nSPS) is 17.1. The third-order valence-corrected chi connectivity index (χ3v) is 8.15. The van der Waals surface area contributed by atoms with Gasteiger partial charge in [0.15, 0.2) is 0 Å². The number of aromatic amines is 2. The van der Waals surface area contributed by atoms with E-state index in [0.717, 1.165) is 26.6 Å². The minimum absolute atomic E-state index is 0.0657. The number of para-hydroxylation sites is 1. The molecule has 0 spiro atoms. The summed E-state index contributed by atoms with van der Waals surface area (Å²) in [5.74, 6) is -1.67. The summed E-state index contributed by atoms with van der Waals surface area (Å²) in [6.45, 7) is 7.24. The molecule has 2 aromatic heterocycles. The first-order valence-corrected chi connectivity index (χ1v) is 13.3. The van der Waals surface area contributed by atoms with Crippen LogP contribution in [0, 0.1) is 18.7 Å². The summed E-state index contributed by atoms with van der Waals surface area (Å²) in [6, 6.07) is 15.2. The summed E-state index contributed by atoms with van der Waals surface area (Å²) in [5, 5.41) is 11.5. The summed E-state index contributed by atoms with van der Waals surface area (Å²) >= 11 is 0. The fraction of sp³-hybridized carbons (Fsp3) is 0.219. The molecule has 1 amide bonds. The molecule has 2 atom stereocenters. The number of benzene rings is 3. The molecule has 0 aliphatic heterocycles. The van der Waals surface area contributed by atoms with Crippen molar-refractivity contribution in [3.63, 3.8) is 0 Å². The molecule has 8 nitrogen and oxygen atoms in total. The highest BCUT2D eigenvalue weighted by molar-refractivity contribution is 6.20. The lowest BCUT2D eigenvalue weighted by atomic mass is 9.73. The quantitative estimate of drug-likeness (QED) is 0.261. The second-order valence-electron chi connectivity index (χ2n) is 11.2. The maximum absolute atomic E-state index is 14.4. The summed E-state index contributed by atoms with van der Waals surface area (Å²) in [4.78, 5) is 45.0. The molecule has 2 unspecified atom stereocenters. The maximum atomic E-state index is 14.4. The van der Waals surface area contributed by atoms with Crippen LogP contribution in [0.25, 0.3) is 33.1 Å². The van der Waals surface area contributed by atoms with Crippen LogP contribution in [0.15, 0.2) is 70.3 Å². The van der Waals surface area contributed by atoms with Crippen molar-refractivity contribution in [1.29, 1.82) is 0 Å². The molecule has 0 saturated heterocycles. The van der Waals surface area contributed by atoms with Gasteiger partial charge in [-0.05, 0) is 73.2 Å². The first-order chi connectivity index (χ1) is 19.4. The third kappa shape index (κ3) is 4.03. The van der Waals surface area contributed by atoms with Gasteiger partial charge in [0.25, 0.3) is 11.5 Å². The lowest BCUT2D eigenvalue weighted by Crippen LogP contribution is -2.34. The SMILES string of the molecule is Cc1c(C2c3c([nH]c4cc(C(C)(C)O)ccc34)C(C(N)=O)=CC2C)cccc1-n1c(=O)[nH]c2c(F)cccc2c1=O. The second kappa shape index (κ2) is 9.14. The van der Waals surface area contributed by atoms with Gasteiger partial charge in [0, 0.05) is 16.8 Å². The van der Waals surface area contributed by atoms with Gasteiger partial charge >= 0.3 is 5.69 Å². The molecular weight excluding hydrogens is 523 g/mol. The number of H-pyrrole nitrogens is 2. The van der Waals surface area contributed by atoms with Crippen molar-refractivity contribution in [1.82, 2.24) is 14.5 Å². The number of fused-ring (bicyclic) bond motifs is 4. The number of nitrogens with one attached hydrogen (secondary N) is 2. The number of primary amides is 1. The Bertz CT molecular complexity index is 2060. The first kappa shape index (κ1) is 26.5. The van der Waals surface area contributed by atoms with Crippen molar-refractivity contribution in [2.75, 3.05) is 0 Å². The molecular formula is C32H29FN4O4. The number of nitrogens with two attached hydrogens (primary N) is 1. The molecule has 6 rings (SSSR count). The molecule has 5 N–H and O–H groups in total. The Morgan fingerprint density at radius 1 is 1.05 bits per heavy atom. The Hall–Kier alpha value is -4.76. The van der Waals surface area contributed by atoms with Gasteiger partial charge in [0.2, 0.25) is 0 Å². The van der Waals surface area contributed by atoms with E-state index in [4.69, 9.17) is 5.73 Å². The predicted octanol–water partition coefficient (Wildman–Crippen LogP) is 4.49. The van der Waals surface area contributed by atoms with Gasteiger partial charge in [-0.2, -0.15) is 0 Å². The van der Waals surface area contributed by atoms with E-state index in [1.54, 1.807) is 26.0 Å². The zero-order chi connectivity index (χ0) is 29.4. The van der Waals surface area contributed by atoms with E-state index in [1.807, 2.05) is 44.2 Å². The van der Waals surface area contributed by atoms with Crippen LogP contribution in [0.1, 0.15) is 54.6 Å². The Kier molecular flexibility index (Phi) is 5.90. The predicted molar refractivity (Wildman–Crippen MR) is 157 cm³/mol. The average molecular weight is 553 g/mol. The van der Waals surface area contributed by atoms with Gasteiger partial charge in [-0.25, -0.2) is 13.8 Å². The number of carbonyl (C=O) groups is 1. The highest BCUT2D eigenvalue weighted by Gasteiger charge is 2.35. The number of hydrogen-bond acceptors (Lipinski definition) is 4. The fourth-order valence-electron chi connectivity index (χ4n) is 6.13. The van der Waals surface area contributed by atoms with Gasteiger partial charge in [-0.3, -0.25) is 9.59 Å². The van der Waals surface area contributed by atoms with E-state index in [2.05, 4.69) is 9.97 Å². The Labute approximate surface area is 234 Å². The summed E-state index contributed by atoms with van der Waals surface area (Å²) < 4.78 is 15.4. The van der Waals surface area contributed by atoms with Crippen molar-refractivity contribution in [3.8, 4) is 5.69 Å². The number of allylic oxidation sites excluding steroid dienone is 1. The lowest BCUT2D eigenvalue weighted by molar-refractivity contribution is -0.112. The largest absolute Gasteiger partial charge is 0.386 e. The Balaban J connectivity index is 1.60. The van der Waals surface area contributed by atoms with Crippen LogP contribution in [-0.4, -0.2) is 25.5 Å². The molecule has 1 aliphatic rings. The van der Waals surface area contributed by atoms with Gasteiger partial charge in [-0.1, -0.05) is 43.3 Å². The van der Waals surface area contributed by atoms with Crippen LogP contribution in [0.4, 0.5) is 4.39 Å². The number of hydrogen-bond donors (Lipinski definition) is 4. The number of halogens is 1. The molecule has 9 heteroatoms. The van der Waals surface area contributed by atoms with E-state index in [-0.39, 0.29) is 22.7 Å². The number of nitrogens with zero attached hydrogens (tertiary/aromatic N) is 1. The van der Waals surface area contributed by atoms with Crippen molar-refractivity contribution in [2.24, 2.45) is 11.7 Å². The van der Waals surface area contributed by atoms with Crippen LogP contribution < -0.4 is 17.0 Å². The van der Waals surface area contributed by atoms with Crippen LogP contribution in [0.3, 0.4) is 0 Å². The highest BCUT2D eigenvalue weighted by Crippen LogP contribution is 2.47. The number of carbonyl (C=O) groups excluding carboxylic acids is 1. The van der Waals surface area contributed by atoms with Crippen LogP contribution >= 0.6 is 0 Å². The van der Waals surface area contributed by atoms with Crippen molar-refractivity contribution in [2.45, 2.75) is 39.2 Å². The molecule has 41 heavy (non-hydrogen) atoms. The molecule has 0 radical (unpaired) electrons. The van der Waals surface area contributed by atoms with E-state index in [1.165, 1.54) is 18.2 Å². The topological polar surface area (TPSA) is 134 Å². The van der Waals surface area contributed by atoms with Crippen LogP contribution in [-0.2, 0) is 10.4 Å². The zero-order valence-corrected chi connectivity index (χ0v) is 23.0. The Morgan fingerprint density at radius 3 is 2.49 bits per heavy atom. The van der Waals surface area contributed by atoms with E-state index in [0.29, 0.717) is 28.1 Å². The molecule has 3 aromatic carbocycles. The minimum Gasteiger partial charge on any atom is -0.386 e. The first-order valence-electron chi connectivity index (χ1n) is 13.3. The highest BCUT2D eigenvalue weighted by atomic mass is 19.1. The van der Waals surface area contributed by atoms with Crippen molar-refractivity contribution in [3.05, 3.63) is 115 Å². The smallest absolute Gasteiger partial charge is 0.333 e. The van der Waals surface area contributed by atoms with Crippen molar-refractivity contribution < 1.29 is 14.3 Å². The van der Waals surface area contributed by atoms with Gasteiger partial charge < -0.3 is 20.8 Å². The van der Waals surface area contributed by atoms with Gasteiger partial charge in [0.05, 0.1) is 33.5 Å². The molecule has 208 valence electrons. The standard InChI is InChI=1S/C32H29FN4O4/c1-15-13-21(29(34)38)28-26(19-12-11-17(32(3,4)41)14-23(19)35-28)25(15)18-7-6-10-24(16(18)2)37-30(39)20-8-5-9-22(33)27(20)36-31(37)40/h5-15,25,35,41H,1-4H3,(H2,34,38)(H,36,40). The second-order valence-corrected chi connectivity index (χ2v) is 11.2. The molecule has 5 aromatic rings. The number of aromatic nitrogens is 3. The fourth-order valence-corrected chi connectivity index (χ4v) is 6.13. The third-order valence-electron chi connectivity index (χ3n) is 8.15. The van der Waals surface area contributed by atoms with Crippen LogP contribution in [0.5, 0.6) is 0 Å². The van der Waals surface area contributed by atoms with Crippen LogP contribution in [0.2, 0.25) is 0 Å². The number of rotatable bonds is 4. The van der Waals surface area contributed by atoms with Gasteiger partial charge in [-0.15, -0.1) is 0 Å². The summed E-state index contributed by atoms with van der Waals surface area (Å²) in [6.07, 6.45) is 1.84. The lowest BCUT2D eigenvalue weighted by Gasteiger charge is -2.30. The average Bonchev–Trinajstić information content (AvgIpc) is 3.28. The maximum Gasteiger partial charge on any atom is 0.333 e. The number of aliphatic hydroxyl groups is 1. The number of amides is 1. The molecule has 2 heterocycles. The molecule has 0 fully saturated rings. The van der Waals surface area contributed by atoms with E-state index >= 15 is 0 Å². The van der Waals surface area contributed by atoms with Gasteiger partial charge in [0.1, 0.15) is 5.82 Å². The van der Waals surface area contributed by atoms with Crippen molar-refractivity contribution >= 4 is 33.3 Å². The molecule has 0 saturated carbocycles.